The summed E-state index contributed by atoms with van der Waals surface area (Å²) in [6.45, 7) is 3.48. The van der Waals surface area contributed by atoms with Crippen molar-refractivity contribution >= 4 is 35.1 Å². The Bertz CT molecular complexity index is 555. The summed E-state index contributed by atoms with van der Waals surface area (Å²) in [5.41, 5.74) is 0.894. The molecule has 0 saturated carbocycles. The first-order chi connectivity index (χ1) is 11.5. The number of nitrogens with one attached hydrogen (secondary N) is 2. The van der Waals surface area contributed by atoms with E-state index < -0.39 is 11.9 Å². The molecule has 24 heavy (non-hydrogen) atoms. The van der Waals surface area contributed by atoms with Crippen LogP contribution in [0.5, 0.6) is 0 Å². The summed E-state index contributed by atoms with van der Waals surface area (Å²) < 4.78 is 0. The second-order valence-corrected chi connectivity index (χ2v) is 6.15. The number of urea groups is 1. The van der Waals surface area contributed by atoms with Crippen molar-refractivity contribution in [2.75, 3.05) is 26.2 Å². The SMILES string of the molecule is CCCNC(=O)NC(=O)CN(CCCO)Cc1ccc(Cl)c(Cl)c1. The van der Waals surface area contributed by atoms with E-state index >= 15 is 0 Å². The van der Waals surface area contributed by atoms with Crippen LogP contribution in [-0.2, 0) is 11.3 Å². The number of carbonyl (C=O) groups excluding carboxylic acids is 2. The number of aliphatic hydroxyl groups excluding tert-OH is 1. The highest BCUT2D eigenvalue weighted by molar-refractivity contribution is 6.42. The predicted molar refractivity (Wildman–Crippen MR) is 95.3 cm³/mol. The number of hydrogen-bond acceptors (Lipinski definition) is 4. The van der Waals surface area contributed by atoms with Gasteiger partial charge in [0, 0.05) is 26.2 Å². The average molecular weight is 376 g/mol. The number of rotatable bonds is 9. The van der Waals surface area contributed by atoms with E-state index in [2.05, 4.69) is 10.6 Å². The highest BCUT2D eigenvalue weighted by atomic mass is 35.5. The number of amides is 3. The first kappa shape index (κ1) is 20.7. The monoisotopic (exact) mass is 375 g/mol. The lowest BCUT2D eigenvalue weighted by Gasteiger charge is -2.21. The number of nitrogens with zero attached hydrogens (tertiary/aromatic N) is 1. The lowest BCUT2D eigenvalue weighted by molar-refractivity contribution is -0.121. The van der Waals surface area contributed by atoms with E-state index in [1.807, 2.05) is 17.9 Å². The number of imide groups is 1. The lowest BCUT2D eigenvalue weighted by atomic mass is 10.2. The second-order valence-electron chi connectivity index (χ2n) is 5.34. The van der Waals surface area contributed by atoms with Crippen molar-refractivity contribution in [3.8, 4) is 0 Å². The number of hydrogen-bond donors (Lipinski definition) is 3. The zero-order valence-electron chi connectivity index (χ0n) is 13.6. The molecule has 1 rings (SSSR count). The van der Waals surface area contributed by atoms with Crippen molar-refractivity contribution < 1.29 is 14.7 Å². The number of benzene rings is 1. The molecule has 0 unspecified atom stereocenters. The smallest absolute Gasteiger partial charge is 0.321 e. The van der Waals surface area contributed by atoms with Crippen LogP contribution in [-0.4, -0.2) is 48.2 Å². The van der Waals surface area contributed by atoms with Crippen LogP contribution in [0.2, 0.25) is 10.0 Å². The standard InChI is InChI=1S/C16H23Cl2N3O3/c1-2-6-19-16(24)20-15(23)11-21(7-3-8-22)10-12-4-5-13(17)14(18)9-12/h4-5,9,22H,2-3,6-8,10-11H2,1H3,(H2,19,20,23,24). The van der Waals surface area contributed by atoms with Crippen molar-refractivity contribution in [2.24, 2.45) is 0 Å². The van der Waals surface area contributed by atoms with Crippen LogP contribution in [0, 0.1) is 0 Å². The Balaban J connectivity index is 2.62. The van der Waals surface area contributed by atoms with Crippen LogP contribution >= 0.6 is 23.2 Å². The molecule has 134 valence electrons. The van der Waals surface area contributed by atoms with Gasteiger partial charge in [-0.05, 0) is 30.5 Å². The first-order valence-electron chi connectivity index (χ1n) is 7.81. The van der Waals surface area contributed by atoms with E-state index in [1.54, 1.807) is 12.1 Å². The van der Waals surface area contributed by atoms with Gasteiger partial charge in [0.15, 0.2) is 0 Å². The maximum Gasteiger partial charge on any atom is 0.321 e. The zero-order chi connectivity index (χ0) is 17.9. The minimum atomic E-state index is -0.501. The van der Waals surface area contributed by atoms with Gasteiger partial charge in [-0.2, -0.15) is 0 Å². The van der Waals surface area contributed by atoms with Crippen LogP contribution in [0.4, 0.5) is 4.79 Å². The van der Waals surface area contributed by atoms with Gasteiger partial charge < -0.3 is 10.4 Å². The van der Waals surface area contributed by atoms with Gasteiger partial charge in [-0.25, -0.2) is 4.79 Å². The molecule has 0 aromatic heterocycles. The molecule has 0 fully saturated rings. The Morgan fingerprint density at radius 3 is 2.62 bits per heavy atom. The Kier molecular flexibility index (Phi) is 9.71. The highest BCUT2D eigenvalue weighted by Crippen LogP contribution is 2.23. The third kappa shape index (κ3) is 7.97. The highest BCUT2D eigenvalue weighted by Gasteiger charge is 2.14. The van der Waals surface area contributed by atoms with E-state index in [0.717, 1.165) is 12.0 Å². The summed E-state index contributed by atoms with van der Waals surface area (Å²) in [5, 5.41) is 14.8. The van der Waals surface area contributed by atoms with E-state index in [0.29, 0.717) is 36.1 Å². The summed E-state index contributed by atoms with van der Waals surface area (Å²) >= 11 is 11.9. The summed E-state index contributed by atoms with van der Waals surface area (Å²) in [6.07, 6.45) is 1.32. The van der Waals surface area contributed by atoms with Gasteiger partial charge in [-0.15, -0.1) is 0 Å². The molecule has 6 nitrogen and oxygen atoms in total. The Labute approximate surface area is 152 Å². The average Bonchev–Trinajstić information content (AvgIpc) is 2.54. The molecule has 1 aromatic carbocycles. The fraction of sp³-hybridized carbons (Fsp3) is 0.500. The number of carbonyl (C=O) groups is 2. The largest absolute Gasteiger partial charge is 0.396 e. The molecule has 0 aliphatic carbocycles. The van der Waals surface area contributed by atoms with Crippen molar-refractivity contribution in [3.63, 3.8) is 0 Å². The topological polar surface area (TPSA) is 81.7 Å². The molecule has 0 atom stereocenters. The Hall–Kier alpha value is -1.34. The number of halogens is 2. The minimum absolute atomic E-state index is 0.0243. The Morgan fingerprint density at radius 2 is 2.00 bits per heavy atom. The molecule has 3 N–H and O–H groups in total. The van der Waals surface area contributed by atoms with Gasteiger partial charge in [-0.3, -0.25) is 15.0 Å². The fourth-order valence-electron chi connectivity index (χ4n) is 2.06. The molecule has 8 heteroatoms. The normalized spacial score (nSPS) is 10.7. The zero-order valence-corrected chi connectivity index (χ0v) is 15.2. The summed E-state index contributed by atoms with van der Waals surface area (Å²) in [7, 11) is 0. The van der Waals surface area contributed by atoms with Gasteiger partial charge in [-0.1, -0.05) is 36.2 Å². The van der Waals surface area contributed by atoms with Crippen LogP contribution in [0.1, 0.15) is 25.3 Å². The predicted octanol–water partition coefficient (Wildman–Crippen LogP) is 2.41. The van der Waals surface area contributed by atoms with Gasteiger partial charge >= 0.3 is 6.03 Å². The lowest BCUT2D eigenvalue weighted by Crippen LogP contribution is -2.44. The second kappa shape index (κ2) is 11.3. The third-order valence-electron chi connectivity index (χ3n) is 3.18. The van der Waals surface area contributed by atoms with E-state index in [-0.39, 0.29) is 13.2 Å². The first-order valence-corrected chi connectivity index (χ1v) is 8.56. The summed E-state index contributed by atoms with van der Waals surface area (Å²) in [6, 6.07) is 4.76. The molecule has 0 heterocycles. The molecule has 1 aromatic rings. The summed E-state index contributed by atoms with van der Waals surface area (Å²) in [5.74, 6) is -0.401. The summed E-state index contributed by atoms with van der Waals surface area (Å²) in [4.78, 5) is 25.3. The minimum Gasteiger partial charge on any atom is -0.396 e. The Morgan fingerprint density at radius 1 is 1.25 bits per heavy atom. The van der Waals surface area contributed by atoms with Crippen LogP contribution in [0.15, 0.2) is 18.2 Å². The van der Waals surface area contributed by atoms with Crippen molar-refractivity contribution in [3.05, 3.63) is 33.8 Å². The quantitative estimate of drug-likeness (QED) is 0.618. The van der Waals surface area contributed by atoms with Crippen LogP contribution in [0.3, 0.4) is 0 Å². The van der Waals surface area contributed by atoms with Gasteiger partial charge in [0.1, 0.15) is 0 Å². The van der Waals surface area contributed by atoms with E-state index in [4.69, 9.17) is 28.3 Å². The maximum atomic E-state index is 12.0. The molecule has 3 amide bonds. The van der Waals surface area contributed by atoms with Crippen molar-refractivity contribution in [1.82, 2.24) is 15.5 Å². The fourth-order valence-corrected chi connectivity index (χ4v) is 2.38. The van der Waals surface area contributed by atoms with Gasteiger partial charge in [0.2, 0.25) is 5.91 Å². The van der Waals surface area contributed by atoms with Crippen LogP contribution in [0.25, 0.3) is 0 Å². The van der Waals surface area contributed by atoms with Gasteiger partial charge in [0.25, 0.3) is 0 Å². The molecule has 0 saturated heterocycles. The molecular weight excluding hydrogens is 353 g/mol. The van der Waals surface area contributed by atoms with Gasteiger partial charge in [0.05, 0.1) is 16.6 Å². The van der Waals surface area contributed by atoms with E-state index in [1.165, 1.54) is 0 Å². The number of aliphatic hydroxyl groups is 1. The molecule has 0 aliphatic heterocycles. The maximum absolute atomic E-state index is 12.0. The molecular formula is C16H23Cl2N3O3. The molecule has 0 bridgehead atoms. The third-order valence-corrected chi connectivity index (χ3v) is 3.92. The molecule has 0 radical (unpaired) electrons. The van der Waals surface area contributed by atoms with Crippen molar-refractivity contribution in [1.29, 1.82) is 0 Å². The van der Waals surface area contributed by atoms with E-state index in [9.17, 15) is 9.59 Å². The molecule has 0 aliphatic rings. The van der Waals surface area contributed by atoms with Crippen molar-refractivity contribution in [2.45, 2.75) is 26.3 Å². The van der Waals surface area contributed by atoms with Crippen LogP contribution < -0.4 is 10.6 Å². The molecule has 0 spiro atoms.